The molecule has 25 heavy (non-hydrogen) atoms. The average molecular weight is 343 g/mol. The molecule has 1 N–H and O–H groups in total. The van der Waals surface area contributed by atoms with Crippen molar-refractivity contribution in [3.63, 3.8) is 0 Å². The van der Waals surface area contributed by atoms with Gasteiger partial charge in [0, 0.05) is 17.7 Å². The van der Waals surface area contributed by atoms with Crippen LogP contribution in [0.15, 0.2) is 71.3 Å². The molecular weight excluding hydrogens is 328 g/mol. The van der Waals surface area contributed by atoms with Crippen LogP contribution in [0.1, 0.15) is 21.7 Å². The van der Waals surface area contributed by atoms with E-state index < -0.39 is 12.5 Å². The highest BCUT2D eigenvalue weighted by molar-refractivity contribution is 6.02. The first-order valence-electron chi connectivity index (χ1n) is 7.58. The van der Waals surface area contributed by atoms with Gasteiger partial charge in [0.2, 0.25) is 0 Å². The highest BCUT2D eigenvalue weighted by Crippen LogP contribution is 2.27. The molecule has 0 bridgehead atoms. The van der Waals surface area contributed by atoms with Gasteiger partial charge in [-0.1, -0.05) is 30.3 Å². The van der Waals surface area contributed by atoms with Crippen molar-refractivity contribution in [2.75, 3.05) is 5.32 Å². The third-order valence-electron chi connectivity index (χ3n) is 3.52. The van der Waals surface area contributed by atoms with E-state index in [0.29, 0.717) is 17.7 Å². The van der Waals surface area contributed by atoms with E-state index in [4.69, 9.17) is 4.42 Å². The molecule has 4 nitrogen and oxygen atoms in total. The van der Waals surface area contributed by atoms with Crippen molar-refractivity contribution in [3.8, 4) is 5.75 Å². The molecule has 0 aliphatic heterocycles. The quantitative estimate of drug-likeness (QED) is 0.704. The van der Waals surface area contributed by atoms with E-state index in [2.05, 4.69) is 10.1 Å². The lowest BCUT2D eigenvalue weighted by Crippen LogP contribution is -2.11. The Labute approximate surface area is 143 Å². The van der Waals surface area contributed by atoms with E-state index in [0.717, 1.165) is 5.56 Å². The van der Waals surface area contributed by atoms with Crippen molar-refractivity contribution in [2.45, 2.75) is 13.0 Å². The smallest absolute Gasteiger partial charge is 0.387 e. The van der Waals surface area contributed by atoms with Crippen molar-refractivity contribution in [1.82, 2.24) is 0 Å². The summed E-state index contributed by atoms with van der Waals surface area (Å²) in [6, 6.07) is 17.1. The van der Waals surface area contributed by atoms with Crippen molar-refractivity contribution >= 4 is 11.6 Å². The molecule has 128 valence electrons. The second-order valence-electron chi connectivity index (χ2n) is 5.29. The van der Waals surface area contributed by atoms with Crippen LogP contribution in [0.3, 0.4) is 0 Å². The molecule has 6 heteroatoms. The molecule has 0 aliphatic rings. The fraction of sp³-hybridized carbons (Fsp3) is 0.105. The number of benzene rings is 2. The lowest BCUT2D eigenvalue weighted by atomic mass is 10.0. The zero-order chi connectivity index (χ0) is 17.6. The Bertz CT molecular complexity index is 833. The summed E-state index contributed by atoms with van der Waals surface area (Å²) >= 11 is 0. The van der Waals surface area contributed by atoms with Gasteiger partial charge in [0.15, 0.2) is 5.76 Å². The first kappa shape index (κ1) is 16.7. The number of amides is 1. The molecule has 1 heterocycles. The lowest BCUT2D eigenvalue weighted by Gasteiger charge is -2.13. The summed E-state index contributed by atoms with van der Waals surface area (Å²) in [6.07, 6.45) is 1.79. The van der Waals surface area contributed by atoms with E-state index in [-0.39, 0.29) is 11.5 Å². The molecule has 3 aromatic rings. The predicted octanol–water partition coefficient (Wildman–Crippen LogP) is 4.72. The highest BCUT2D eigenvalue weighted by atomic mass is 19.3. The fourth-order valence-electron chi connectivity index (χ4n) is 2.42. The van der Waals surface area contributed by atoms with Crippen LogP contribution in [0.2, 0.25) is 0 Å². The molecule has 3 rings (SSSR count). The van der Waals surface area contributed by atoms with Crippen LogP contribution in [0.25, 0.3) is 0 Å². The molecule has 1 aromatic heterocycles. The Kier molecular flexibility index (Phi) is 5.09. The molecule has 0 spiro atoms. The molecule has 0 radical (unpaired) electrons. The number of carbonyl (C=O) groups is 1. The normalized spacial score (nSPS) is 10.7. The van der Waals surface area contributed by atoms with Gasteiger partial charge in [-0.15, -0.1) is 0 Å². The van der Waals surface area contributed by atoms with Crippen LogP contribution < -0.4 is 10.1 Å². The van der Waals surface area contributed by atoms with Gasteiger partial charge in [-0.2, -0.15) is 8.78 Å². The van der Waals surface area contributed by atoms with Gasteiger partial charge in [-0.3, -0.25) is 4.79 Å². The number of hydrogen-bond donors (Lipinski definition) is 1. The Hall–Kier alpha value is -3.15. The first-order chi connectivity index (χ1) is 12.1. The minimum absolute atomic E-state index is 0.0786. The van der Waals surface area contributed by atoms with Gasteiger partial charge in [0.25, 0.3) is 5.91 Å². The predicted molar refractivity (Wildman–Crippen MR) is 89.0 cm³/mol. The number of ether oxygens (including phenoxy) is 1. The summed E-state index contributed by atoms with van der Waals surface area (Å²) in [7, 11) is 0. The standard InChI is InChI=1S/C19H15F2NO3/c20-19(21)25-16-9-8-15(22-18(23)17-7-4-10-24-17)12-14(16)11-13-5-2-1-3-6-13/h1-10,12,19H,11H2,(H,22,23). The van der Waals surface area contributed by atoms with Gasteiger partial charge in [0.1, 0.15) is 5.75 Å². The number of halogens is 2. The van der Waals surface area contributed by atoms with E-state index in [1.807, 2.05) is 30.3 Å². The number of furan rings is 1. The SMILES string of the molecule is O=C(Nc1ccc(OC(F)F)c(Cc2ccccc2)c1)c1ccco1. The van der Waals surface area contributed by atoms with Crippen LogP contribution >= 0.6 is 0 Å². The van der Waals surface area contributed by atoms with Gasteiger partial charge in [-0.25, -0.2) is 0 Å². The van der Waals surface area contributed by atoms with Crippen molar-refractivity contribution in [1.29, 1.82) is 0 Å². The maximum absolute atomic E-state index is 12.6. The minimum atomic E-state index is -2.92. The number of rotatable bonds is 6. The molecule has 0 aliphatic carbocycles. The molecule has 0 saturated carbocycles. The van der Waals surface area contributed by atoms with Crippen molar-refractivity contribution in [2.24, 2.45) is 0 Å². The van der Waals surface area contributed by atoms with Crippen molar-refractivity contribution in [3.05, 3.63) is 83.8 Å². The Morgan fingerprint density at radius 3 is 2.56 bits per heavy atom. The average Bonchev–Trinajstić information content (AvgIpc) is 3.12. The van der Waals surface area contributed by atoms with Gasteiger partial charge < -0.3 is 14.5 Å². The molecule has 0 unspecified atom stereocenters. The van der Waals surface area contributed by atoms with Crippen molar-refractivity contribution < 1.29 is 22.7 Å². The minimum Gasteiger partial charge on any atom is -0.459 e. The zero-order valence-electron chi connectivity index (χ0n) is 13.1. The molecule has 0 atom stereocenters. The molecule has 0 saturated heterocycles. The summed E-state index contributed by atoms with van der Waals surface area (Å²) < 4.78 is 34.9. The first-order valence-corrected chi connectivity index (χ1v) is 7.58. The number of nitrogens with one attached hydrogen (secondary N) is 1. The molecule has 0 fully saturated rings. The van der Waals surface area contributed by atoms with E-state index >= 15 is 0 Å². The Morgan fingerprint density at radius 2 is 1.88 bits per heavy atom. The van der Waals surface area contributed by atoms with Crippen LogP contribution in [-0.2, 0) is 6.42 Å². The van der Waals surface area contributed by atoms with Crippen LogP contribution in [0.5, 0.6) is 5.75 Å². The fourth-order valence-corrected chi connectivity index (χ4v) is 2.42. The maximum atomic E-state index is 12.6. The third kappa shape index (κ3) is 4.44. The third-order valence-corrected chi connectivity index (χ3v) is 3.52. The van der Waals surface area contributed by atoms with Gasteiger partial charge in [0.05, 0.1) is 6.26 Å². The summed E-state index contributed by atoms with van der Waals surface area (Å²) in [6.45, 7) is -2.92. The summed E-state index contributed by atoms with van der Waals surface area (Å²) in [4.78, 5) is 12.1. The van der Waals surface area contributed by atoms with E-state index in [1.54, 1.807) is 12.1 Å². The largest absolute Gasteiger partial charge is 0.459 e. The second-order valence-corrected chi connectivity index (χ2v) is 5.29. The number of anilines is 1. The summed E-state index contributed by atoms with van der Waals surface area (Å²) in [5.74, 6) is -0.175. The molecule has 2 aromatic carbocycles. The van der Waals surface area contributed by atoms with Crippen LogP contribution in [-0.4, -0.2) is 12.5 Å². The van der Waals surface area contributed by atoms with Crippen LogP contribution in [0, 0.1) is 0 Å². The number of alkyl halides is 2. The van der Waals surface area contributed by atoms with E-state index in [1.165, 1.54) is 24.5 Å². The monoisotopic (exact) mass is 343 g/mol. The van der Waals surface area contributed by atoms with Gasteiger partial charge >= 0.3 is 6.61 Å². The lowest BCUT2D eigenvalue weighted by molar-refractivity contribution is -0.0503. The Balaban J connectivity index is 1.85. The second kappa shape index (κ2) is 7.61. The maximum Gasteiger partial charge on any atom is 0.387 e. The zero-order valence-corrected chi connectivity index (χ0v) is 13.1. The van der Waals surface area contributed by atoms with Crippen LogP contribution in [0.4, 0.5) is 14.5 Å². The highest BCUT2D eigenvalue weighted by Gasteiger charge is 2.14. The molecular formula is C19H15F2NO3. The summed E-state index contributed by atoms with van der Waals surface area (Å²) in [5.41, 5.74) is 1.95. The van der Waals surface area contributed by atoms with E-state index in [9.17, 15) is 13.6 Å². The Morgan fingerprint density at radius 1 is 1.08 bits per heavy atom. The molecule has 1 amide bonds. The topological polar surface area (TPSA) is 51.5 Å². The summed E-state index contributed by atoms with van der Waals surface area (Å²) in [5, 5.41) is 2.68. The van der Waals surface area contributed by atoms with Gasteiger partial charge in [-0.05, 0) is 35.9 Å². The number of carbonyl (C=O) groups excluding carboxylic acids is 1. The number of hydrogen-bond acceptors (Lipinski definition) is 3.